The van der Waals surface area contributed by atoms with Crippen LogP contribution in [0.1, 0.15) is 45.5 Å². The van der Waals surface area contributed by atoms with Crippen molar-refractivity contribution in [3.63, 3.8) is 0 Å². The molecule has 18 heavy (non-hydrogen) atoms. The molecule has 104 valence electrons. The molecule has 1 aromatic rings. The lowest BCUT2D eigenvalue weighted by atomic mass is 9.94. The van der Waals surface area contributed by atoms with Gasteiger partial charge in [-0.05, 0) is 38.0 Å². The molecule has 0 fully saturated rings. The molecular formula is C14H24Cl2N2. The second kappa shape index (κ2) is 7.40. The summed E-state index contributed by atoms with van der Waals surface area (Å²) in [6, 6.07) is 0. The maximum Gasteiger partial charge on any atom is 0.0849 e. The molecule has 1 aromatic heterocycles. The van der Waals surface area contributed by atoms with Gasteiger partial charge in [0.1, 0.15) is 0 Å². The Balaban J connectivity index is 2.90. The predicted molar refractivity (Wildman–Crippen MR) is 79.7 cm³/mol. The highest BCUT2D eigenvalue weighted by Gasteiger charge is 2.19. The molecule has 1 unspecified atom stereocenters. The molecule has 2 nitrogen and oxygen atoms in total. The van der Waals surface area contributed by atoms with Crippen molar-refractivity contribution in [1.82, 2.24) is 9.78 Å². The van der Waals surface area contributed by atoms with E-state index in [1.807, 2.05) is 4.68 Å². The normalized spacial score (nSPS) is 13.3. The molecule has 0 saturated carbocycles. The lowest BCUT2D eigenvalue weighted by Crippen LogP contribution is -2.13. The summed E-state index contributed by atoms with van der Waals surface area (Å²) >= 11 is 12.5. The van der Waals surface area contributed by atoms with Crippen molar-refractivity contribution in [1.29, 1.82) is 0 Å². The lowest BCUT2D eigenvalue weighted by Gasteiger charge is -2.17. The van der Waals surface area contributed by atoms with Crippen molar-refractivity contribution in [3.8, 4) is 0 Å². The first kappa shape index (κ1) is 15.8. The van der Waals surface area contributed by atoms with Crippen molar-refractivity contribution in [2.75, 3.05) is 5.88 Å². The van der Waals surface area contributed by atoms with Crippen molar-refractivity contribution in [2.24, 2.45) is 11.8 Å². The summed E-state index contributed by atoms with van der Waals surface area (Å²) in [6.07, 6.45) is 2.95. The average Bonchev–Trinajstić information content (AvgIpc) is 2.64. The topological polar surface area (TPSA) is 17.8 Å². The maximum atomic E-state index is 6.42. The third kappa shape index (κ3) is 3.89. The minimum absolute atomic E-state index is 0.482. The molecular weight excluding hydrogens is 267 g/mol. The van der Waals surface area contributed by atoms with Gasteiger partial charge in [0.2, 0.25) is 0 Å². The Labute approximate surface area is 121 Å². The van der Waals surface area contributed by atoms with Crippen LogP contribution < -0.4 is 0 Å². The van der Waals surface area contributed by atoms with Gasteiger partial charge in [-0.1, -0.05) is 32.4 Å². The van der Waals surface area contributed by atoms with E-state index in [0.29, 0.717) is 17.7 Å². The van der Waals surface area contributed by atoms with E-state index < -0.39 is 0 Å². The van der Waals surface area contributed by atoms with Crippen LogP contribution in [0.4, 0.5) is 0 Å². The largest absolute Gasteiger partial charge is 0.268 e. The van der Waals surface area contributed by atoms with E-state index in [1.165, 1.54) is 0 Å². The quantitative estimate of drug-likeness (QED) is 0.673. The highest BCUT2D eigenvalue weighted by Crippen LogP contribution is 2.27. The number of rotatable bonds is 7. The minimum atomic E-state index is 0.482. The zero-order valence-corrected chi connectivity index (χ0v) is 13.4. The Morgan fingerprint density at radius 2 is 1.94 bits per heavy atom. The standard InChI is InChI=1S/C14H24Cl2N2/c1-5-12-14(16)13(18(6-2)17-12)8-11(9-15)7-10(3)4/h10-11H,5-9H2,1-4H3. The van der Waals surface area contributed by atoms with E-state index in [2.05, 4.69) is 32.8 Å². The molecule has 0 aliphatic carbocycles. The second-order valence-electron chi connectivity index (χ2n) is 5.23. The van der Waals surface area contributed by atoms with Crippen LogP contribution in [0.5, 0.6) is 0 Å². The average molecular weight is 291 g/mol. The molecule has 0 bridgehead atoms. The van der Waals surface area contributed by atoms with Gasteiger partial charge in [-0.15, -0.1) is 11.6 Å². The summed E-state index contributed by atoms with van der Waals surface area (Å²) < 4.78 is 2.03. The molecule has 0 N–H and O–H groups in total. The molecule has 0 saturated heterocycles. The van der Waals surface area contributed by atoms with Crippen LogP contribution in [0.3, 0.4) is 0 Å². The van der Waals surface area contributed by atoms with Crippen molar-refractivity contribution in [3.05, 3.63) is 16.4 Å². The van der Waals surface area contributed by atoms with Crippen LogP contribution >= 0.6 is 23.2 Å². The number of nitrogens with zero attached hydrogens (tertiary/aromatic N) is 2. The van der Waals surface area contributed by atoms with Crippen molar-refractivity contribution in [2.45, 2.75) is 53.5 Å². The summed E-state index contributed by atoms with van der Waals surface area (Å²) in [6.45, 7) is 9.52. The molecule has 1 rings (SSSR count). The summed E-state index contributed by atoms with van der Waals surface area (Å²) in [5.41, 5.74) is 2.16. The third-order valence-electron chi connectivity index (χ3n) is 3.20. The van der Waals surface area contributed by atoms with E-state index in [1.54, 1.807) is 0 Å². The van der Waals surface area contributed by atoms with Crippen molar-refractivity contribution >= 4 is 23.2 Å². The number of aromatic nitrogens is 2. The van der Waals surface area contributed by atoms with E-state index in [4.69, 9.17) is 23.2 Å². The second-order valence-corrected chi connectivity index (χ2v) is 5.92. The summed E-state index contributed by atoms with van der Waals surface area (Å²) in [4.78, 5) is 0. The van der Waals surface area contributed by atoms with Gasteiger partial charge in [-0.2, -0.15) is 5.10 Å². The smallest absolute Gasteiger partial charge is 0.0849 e. The predicted octanol–water partition coefficient (Wildman–Crippen LogP) is 4.56. The number of alkyl halides is 1. The van der Waals surface area contributed by atoms with Gasteiger partial charge in [0.25, 0.3) is 0 Å². The first-order valence-corrected chi connectivity index (χ1v) is 7.74. The fraction of sp³-hybridized carbons (Fsp3) is 0.786. The summed E-state index contributed by atoms with van der Waals surface area (Å²) in [7, 11) is 0. The molecule has 0 radical (unpaired) electrons. The van der Waals surface area contributed by atoms with Gasteiger partial charge in [0.15, 0.2) is 0 Å². The zero-order valence-electron chi connectivity index (χ0n) is 11.8. The molecule has 0 aliphatic heterocycles. The Morgan fingerprint density at radius 1 is 1.28 bits per heavy atom. The molecule has 0 aromatic carbocycles. The van der Waals surface area contributed by atoms with Crippen molar-refractivity contribution < 1.29 is 0 Å². The lowest BCUT2D eigenvalue weighted by molar-refractivity contribution is 0.428. The van der Waals surface area contributed by atoms with E-state index in [0.717, 1.165) is 42.2 Å². The van der Waals surface area contributed by atoms with Gasteiger partial charge in [-0.25, -0.2) is 0 Å². The van der Waals surface area contributed by atoms with Gasteiger partial charge < -0.3 is 0 Å². The minimum Gasteiger partial charge on any atom is -0.268 e. The van der Waals surface area contributed by atoms with Crippen LogP contribution in [0.25, 0.3) is 0 Å². The Kier molecular flexibility index (Phi) is 6.51. The Bertz CT molecular complexity index is 372. The van der Waals surface area contributed by atoms with Crippen LogP contribution in [-0.2, 0) is 19.4 Å². The first-order chi connectivity index (χ1) is 8.53. The van der Waals surface area contributed by atoms with E-state index in [-0.39, 0.29) is 0 Å². The summed E-state index contributed by atoms with van der Waals surface area (Å²) in [5, 5.41) is 5.40. The maximum absolute atomic E-state index is 6.42. The Hall–Kier alpha value is -0.210. The monoisotopic (exact) mass is 290 g/mol. The van der Waals surface area contributed by atoms with Crippen LogP contribution in [0, 0.1) is 11.8 Å². The summed E-state index contributed by atoms with van der Waals surface area (Å²) in [5.74, 6) is 1.83. The van der Waals surface area contributed by atoms with Gasteiger partial charge in [-0.3, -0.25) is 4.68 Å². The third-order valence-corrected chi connectivity index (χ3v) is 4.07. The number of aryl methyl sites for hydroxylation is 2. The Morgan fingerprint density at radius 3 is 2.39 bits per heavy atom. The number of halogens is 2. The van der Waals surface area contributed by atoms with Crippen LogP contribution in [0.15, 0.2) is 0 Å². The molecule has 1 heterocycles. The molecule has 0 amide bonds. The SMILES string of the molecule is CCc1nn(CC)c(CC(CCl)CC(C)C)c1Cl. The highest BCUT2D eigenvalue weighted by atomic mass is 35.5. The van der Waals surface area contributed by atoms with E-state index >= 15 is 0 Å². The van der Waals surface area contributed by atoms with Crippen LogP contribution in [0.2, 0.25) is 5.02 Å². The highest BCUT2D eigenvalue weighted by molar-refractivity contribution is 6.31. The van der Waals surface area contributed by atoms with Gasteiger partial charge in [0.05, 0.1) is 16.4 Å². The fourth-order valence-electron chi connectivity index (χ4n) is 2.35. The first-order valence-electron chi connectivity index (χ1n) is 6.83. The number of hydrogen-bond acceptors (Lipinski definition) is 1. The fourth-order valence-corrected chi connectivity index (χ4v) is 2.93. The van der Waals surface area contributed by atoms with Gasteiger partial charge >= 0.3 is 0 Å². The molecule has 0 spiro atoms. The molecule has 0 aliphatic rings. The van der Waals surface area contributed by atoms with Crippen LogP contribution in [-0.4, -0.2) is 15.7 Å². The number of hydrogen-bond donors (Lipinski definition) is 0. The van der Waals surface area contributed by atoms with Gasteiger partial charge in [0, 0.05) is 12.4 Å². The molecule has 4 heteroatoms. The zero-order chi connectivity index (χ0) is 13.7. The molecule has 1 atom stereocenters. The van der Waals surface area contributed by atoms with E-state index in [9.17, 15) is 0 Å².